The summed E-state index contributed by atoms with van der Waals surface area (Å²) in [6.07, 6.45) is 1.52. The number of nitrogens with zero attached hydrogens (tertiary/aromatic N) is 4. The minimum absolute atomic E-state index is 0.0750. The van der Waals surface area contributed by atoms with Crippen LogP contribution in [0, 0.1) is 10.1 Å². The van der Waals surface area contributed by atoms with E-state index in [0.29, 0.717) is 0 Å². The van der Waals surface area contributed by atoms with Crippen LogP contribution in [0.4, 0.5) is 5.88 Å². The highest BCUT2D eigenvalue weighted by molar-refractivity contribution is 7.89. The van der Waals surface area contributed by atoms with E-state index in [-0.39, 0.29) is 22.8 Å². The molecule has 3 rings (SSSR count). The fourth-order valence-corrected chi connectivity index (χ4v) is 2.51. The molecule has 10 nitrogen and oxygen atoms in total. The zero-order valence-electron chi connectivity index (χ0n) is 9.96. The molecule has 0 amide bonds. The predicted octanol–water partition coefficient (Wildman–Crippen LogP) is 0.429. The quantitative estimate of drug-likeness (QED) is 0.635. The Hall–Kier alpha value is -2.27. The summed E-state index contributed by atoms with van der Waals surface area (Å²) < 4.78 is 29.3. The highest BCUT2D eigenvalue weighted by Crippen LogP contribution is 2.40. The molecule has 1 aliphatic rings. The van der Waals surface area contributed by atoms with Crippen molar-refractivity contribution >= 4 is 15.9 Å². The monoisotopic (exact) mass is 299 g/mol. The molecule has 2 N–H and O–H groups in total. The van der Waals surface area contributed by atoms with Gasteiger partial charge in [-0.05, 0) is 18.9 Å². The molecule has 11 heteroatoms. The second-order valence-corrected chi connectivity index (χ2v) is 5.80. The molecule has 0 aromatic carbocycles. The predicted molar refractivity (Wildman–Crippen MR) is 64.0 cm³/mol. The van der Waals surface area contributed by atoms with E-state index in [4.69, 9.17) is 9.56 Å². The number of aromatic nitrogens is 3. The van der Waals surface area contributed by atoms with Crippen LogP contribution in [0.25, 0.3) is 11.6 Å². The first-order valence-electron chi connectivity index (χ1n) is 5.60. The minimum atomic E-state index is -4.02. The lowest BCUT2D eigenvalue weighted by atomic mass is 10.4. The Balaban J connectivity index is 2.14. The van der Waals surface area contributed by atoms with E-state index in [1.807, 2.05) is 0 Å². The molecule has 2 heterocycles. The van der Waals surface area contributed by atoms with Crippen molar-refractivity contribution in [3.63, 3.8) is 0 Å². The molecule has 0 saturated heterocycles. The summed E-state index contributed by atoms with van der Waals surface area (Å²) in [5, 5.41) is 22.6. The maximum atomic E-state index is 11.5. The van der Waals surface area contributed by atoms with Crippen molar-refractivity contribution in [3.8, 4) is 11.6 Å². The summed E-state index contributed by atoms with van der Waals surface area (Å²) in [4.78, 5) is 9.90. The highest BCUT2D eigenvalue weighted by Gasteiger charge is 2.34. The van der Waals surface area contributed by atoms with Crippen LogP contribution >= 0.6 is 0 Å². The molecular weight excluding hydrogens is 290 g/mol. The first-order chi connectivity index (χ1) is 9.38. The molecule has 0 atom stereocenters. The van der Waals surface area contributed by atoms with Gasteiger partial charge in [0.1, 0.15) is 4.92 Å². The van der Waals surface area contributed by atoms with Gasteiger partial charge in [-0.15, -0.1) is 10.2 Å². The summed E-state index contributed by atoms with van der Waals surface area (Å²) in [6.45, 7) is 0. The van der Waals surface area contributed by atoms with E-state index in [9.17, 15) is 18.5 Å². The first-order valence-corrected chi connectivity index (χ1v) is 7.15. The fourth-order valence-electron chi connectivity index (χ4n) is 1.85. The first kappa shape index (κ1) is 12.7. The zero-order chi connectivity index (χ0) is 14.5. The lowest BCUT2D eigenvalue weighted by molar-refractivity contribution is -0.401. The number of hydrogen-bond donors (Lipinski definition) is 1. The van der Waals surface area contributed by atoms with E-state index in [1.165, 1.54) is 10.6 Å². The van der Waals surface area contributed by atoms with E-state index < -0.39 is 20.8 Å². The maximum Gasteiger partial charge on any atom is 0.433 e. The second-order valence-electron chi connectivity index (χ2n) is 4.35. The Labute approximate surface area is 112 Å². The van der Waals surface area contributed by atoms with E-state index in [2.05, 4.69) is 10.2 Å². The van der Waals surface area contributed by atoms with Crippen LogP contribution in [0.2, 0.25) is 0 Å². The number of hydrogen-bond acceptors (Lipinski definition) is 7. The molecule has 0 unspecified atom stereocenters. The van der Waals surface area contributed by atoms with Crippen LogP contribution in [0.3, 0.4) is 0 Å². The molecule has 0 radical (unpaired) electrons. The van der Waals surface area contributed by atoms with E-state index in [0.717, 1.165) is 18.9 Å². The number of furan rings is 1. The average Bonchev–Trinajstić information content (AvgIpc) is 2.92. The Morgan fingerprint density at radius 2 is 2.10 bits per heavy atom. The van der Waals surface area contributed by atoms with Gasteiger partial charge in [0.2, 0.25) is 5.82 Å². The lowest BCUT2D eigenvalue weighted by Crippen LogP contribution is -2.18. The van der Waals surface area contributed by atoms with E-state index >= 15 is 0 Å². The van der Waals surface area contributed by atoms with Crippen LogP contribution in [-0.2, 0) is 10.0 Å². The van der Waals surface area contributed by atoms with Crippen molar-refractivity contribution in [2.24, 2.45) is 5.14 Å². The molecule has 0 bridgehead atoms. The van der Waals surface area contributed by atoms with Gasteiger partial charge in [0.15, 0.2) is 5.76 Å². The fraction of sp³-hybridized carbons (Fsp3) is 0.333. The van der Waals surface area contributed by atoms with Gasteiger partial charge in [-0.3, -0.25) is 14.7 Å². The summed E-state index contributed by atoms with van der Waals surface area (Å²) in [5.74, 6) is -0.266. The molecular formula is C9H9N5O5S. The van der Waals surface area contributed by atoms with Crippen molar-refractivity contribution in [1.82, 2.24) is 14.8 Å². The number of nitro groups is 1. The smallest absolute Gasteiger partial charge is 0.397 e. The van der Waals surface area contributed by atoms with Crippen molar-refractivity contribution < 1.29 is 17.8 Å². The van der Waals surface area contributed by atoms with Gasteiger partial charge in [-0.25, -0.2) is 13.6 Å². The SMILES string of the molecule is NS(=O)(=O)c1nnc(-c2ccc([N+](=O)[O-])o2)n1C1CC1. The maximum absolute atomic E-state index is 11.5. The molecule has 1 fully saturated rings. The van der Waals surface area contributed by atoms with Gasteiger partial charge in [-0.2, -0.15) is 0 Å². The van der Waals surface area contributed by atoms with Crippen molar-refractivity contribution in [2.75, 3.05) is 0 Å². The van der Waals surface area contributed by atoms with Gasteiger partial charge >= 0.3 is 5.88 Å². The molecule has 2 aromatic heterocycles. The Morgan fingerprint density at radius 3 is 2.60 bits per heavy atom. The number of sulfonamides is 1. The van der Waals surface area contributed by atoms with Crippen LogP contribution in [0.1, 0.15) is 18.9 Å². The number of primary sulfonamides is 1. The molecule has 2 aromatic rings. The summed E-state index contributed by atoms with van der Waals surface area (Å²) in [7, 11) is -4.02. The molecule has 0 spiro atoms. The van der Waals surface area contributed by atoms with Crippen molar-refractivity contribution in [1.29, 1.82) is 0 Å². The molecule has 20 heavy (non-hydrogen) atoms. The Kier molecular flexibility index (Phi) is 2.62. The molecule has 0 aliphatic heterocycles. The van der Waals surface area contributed by atoms with Crippen LogP contribution in [0.15, 0.2) is 21.7 Å². The van der Waals surface area contributed by atoms with Crippen LogP contribution in [0.5, 0.6) is 0 Å². The largest absolute Gasteiger partial charge is 0.433 e. The third-order valence-electron chi connectivity index (χ3n) is 2.82. The Bertz CT molecular complexity index is 788. The number of nitrogens with two attached hydrogens (primary N) is 1. The second kappa shape index (κ2) is 4.11. The third-order valence-corrected chi connectivity index (χ3v) is 3.61. The summed E-state index contributed by atoms with van der Waals surface area (Å²) >= 11 is 0. The van der Waals surface area contributed by atoms with Gasteiger partial charge in [0, 0.05) is 6.04 Å². The standard InChI is InChI=1S/C9H9N5O5S/c10-20(17,18)9-12-11-8(13(9)5-1-2-5)6-3-4-7(19-6)14(15)16/h3-5H,1-2H2,(H2,10,17,18). The molecule has 1 saturated carbocycles. The van der Waals surface area contributed by atoms with Crippen molar-refractivity contribution in [3.05, 3.63) is 22.2 Å². The topological polar surface area (TPSA) is 147 Å². The van der Waals surface area contributed by atoms with Gasteiger partial charge in [-0.1, -0.05) is 0 Å². The van der Waals surface area contributed by atoms with Gasteiger partial charge < -0.3 is 4.42 Å². The van der Waals surface area contributed by atoms with Crippen molar-refractivity contribution in [2.45, 2.75) is 24.0 Å². The number of rotatable bonds is 4. The highest BCUT2D eigenvalue weighted by atomic mass is 32.2. The third kappa shape index (κ3) is 2.06. The Morgan fingerprint density at radius 1 is 1.40 bits per heavy atom. The van der Waals surface area contributed by atoms with Gasteiger partial charge in [0.25, 0.3) is 15.2 Å². The summed E-state index contributed by atoms with van der Waals surface area (Å²) in [6, 6.07) is 2.42. The zero-order valence-corrected chi connectivity index (χ0v) is 10.8. The normalized spacial score (nSPS) is 15.4. The van der Waals surface area contributed by atoms with Crippen LogP contribution < -0.4 is 5.14 Å². The lowest BCUT2D eigenvalue weighted by Gasteiger charge is -2.05. The van der Waals surface area contributed by atoms with Crippen LogP contribution in [-0.4, -0.2) is 28.1 Å². The minimum Gasteiger partial charge on any atom is -0.397 e. The summed E-state index contributed by atoms with van der Waals surface area (Å²) in [5.41, 5.74) is 0. The van der Waals surface area contributed by atoms with Gasteiger partial charge in [0.05, 0.1) is 6.07 Å². The molecule has 1 aliphatic carbocycles. The van der Waals surface area contributed by atoms with E-state index in [1.54, 1.807) is 0 Å². The molecule has 106 valence electrons. The average molecular weight is 299 g/mol.